The van der Waals surface area contributed by atoms with Gasteiger partial charge in [-0.3, -0.25) is 14.5 Å². The van der Waals surface area contributed by atoms with Crippen molar-refractivity contribution in [2.75, 3.05) is 11.9 Å². The third kappa shape index (κ3) is 4.27. The molecule has 0 radical (unpaired) electrons. The summed E-state index contributed by atoms with van der Waals surface area (Å²) in [5, 5.41) is 5.20. The third-order valence-corrected chi connectivity index (χ3v) is 6.00. The number of carbonyl (C=O) groups is 3. The molecule has 0 aliphatic carbocycles. The van der Waals surface area contributed by atoms with Crippen LogP contribution in [0.3, 0.4) is 0 Å². The quantitative estimate of drug-likeness (QED) is 0.479. The topological polar surface area (TPSA) is 78.5 Å². The molecule has 1 aliphatic heterocycles. The van der Waals surface area contributed by atoms with E-state index in [0.717, 1.165) is 4.90 Å². The number of nitrogens with one attached hydrogen (secondary N) is 2. The lowest BCUT2D eigenvalue weighted by Crippen LogP contribution is -2.44. The number of nitrogens with zero attached hydrogens (tertiary/aromatic N) is 1. The van der Waals surface area contributed by atoms with E-state index in [1.165, 1.54) is 18.2 Å². The first-order valence-corrected chi connectivity index (χ1v) is 10.3. The molecule has 4 amide bonds. The Bertz CT molecular complexity index is 977. The summed E-state index contributed by atoms with van der Waals surface area (Å²) >= 11 is 6.16. The van der Waals surface area contributed by atoms with Crippen LogP contribution >= 0.6 is 23.4 Å². The van der Waals surface area contributed by atoms with Crippen molar-refractivity contribution in [1.82, 2.24) is 10.2 Å². The largest absolute Gasteiger partial charge is 0.325 e. The predicted molar refractivity (Wildman–Crippen MR) is 111 cm³/mol. The van der Waals surface area contributed by atoms with E-state index in [1.54, 1.807) is 37.3 Å². The average molecular weight is 454 g/mol. The molecule has 1 aliphatic rings. The van der Waals surface area contributed by atoms with E-state index in [4.69, 9.17) is 11.6 Å². The zero-order chi connectivity index (χ0) is 21.9. The lowest BCUT2D eigenvalue weighted by molar-refractivity contribution is -0.134. The summed E-state index contributed by atoms with van der Waals surface area (Å²) in [4.78, 5) is 38.9. The molecule has 30 heavy (non-hydrogen) atoms. The average Bonchev–Trinajstić information content (AvgIpc) is 2.96. The highest BCUT2D eigenvalue weighted by molar-refractivity contribution is 7.99. The molecule has 6 nitrogen and oxygen atoms in total. The number of alkyl halides is 2. The second-order valence-corrected chi connectivity index (χ2v) is 7.90. The maximum Gasteiger partial charge on any atom is 0.325 e. The van der Waals surface area contributed by atoms with Crippen LogP contribution in [0.4, 0.5) is 19.3 Å². The minimum absolute atomic E-state index is 0.00640. The summed E-state index contributed by atoms with van der Waals surface area (Å²) in [6.45, 7) is 1.19. The highest BCUT2D eigenvalue weighted by atomic mass is 35.5. The summed E-state index contributed by atoms with van der Waals surface area (Å²) < 4.78 is 25.6. The molecular formula is C20H18ClF2N3O3S. The Balaban J connectivity index is 1.79. The fourth-order valence-electron chi connectivity index (χ4n) is 3.28. The Kier molecular flexibility index (Phi) is 6.62. The molecule has 0 spiro atoms. The minimum atomic E-state index is -2.73. The summed E-state index contributed by atoms with van der Waals surface area (Å²) in [5.41, 5.74) is -0.570. The maximum absolute atomic E-state index is 13.1. The zero-order valence-electron chi connectivity index (χ0n) is 15.8. The van der Waals surface area contributed by atoms with Crippen molar-refractivity contribution < 1.29 is 23.2 Å². The van der Waals surface area contributed by atoms with Crippen molar-refractivity contribution in [2.24, 2.45) is 0 Å². The smallest absolute Gasteiger partial charge is 0.323 e. The van der Waals surface area contributed by atoms with Gasteiger partial charge < -0.3 is 10.6 Å². The number of benzene rings is 2. The van der Waals surface area contributed by atoms with E-state index in [0.29, 0.717) is 12.0 Å². The predicted octanol–water partition coefficient (Wildman–Crippen LogP) is 4.45. The molecule has 1 fully saturated rings. The van der Waals surface area contributed by atoms with E-state index in [1.807, 2.05) is 0 Å². The van der Waals surface area contributed by atoms with Gasteiger partial charge in [0, 0.05) is 0 Å². The van der Waals surface area contributed by atoms with E-state index >= 15 is 0 Å². The van der Waals surface area contributed by atoms with Crippen molar-refractivity contribution in [3.8, 4) is 0 Å². The molecule has 2 N–H and O–H groups in total. The Hall–Kier alpha value is -2.65. The second kappa shape index (κ2) is 9.01. The molecule has 2 aromatic carbocycles. The molecule has 1 saturated heterocycles. The fourth-order valence-corrected chi connectivity index (χ4v) is 4.19. The standard InChI is InChI=1S/C20H18ClF2N3O3S/c1-2-20(12-7-4-3-5-8-12)17(28)26(19(29)25-20)11-15(27)24-14-10-6-9-13(21)16(14)30-18(22)23/h3-10,18H,2,11H2,1H3,(H,24,27)(H,25,29). The van der Waals surface area contributed by atoms with Crippen molar-refractivity contribution in [3.63, 3.8) is 0 Å². The third-order valence-electron chi connectivity index (χ3n) is 4.72. The number of rotatable bonds is 7. The molecule has 1 heterocycles. The number of carbonyl (C=O) groups excluding carboxylic acids is 3. The van der Waals surface area contributed by atoms with Crippen molar-refractivity contribution in [1.29, 1.82) is 0 Å². The van der Waals surface area contributed by atoms with E-state index < -0.39 is 35.7 Å². The SMILES string of the molecule is CCC1(c2ccccc2)NC(=O)N(CC(=O)Nc2cccc(Cl)c2SC(F)F)C1=O. The monoisotopic (exact) mass is 453 g/mol. The highest BCUT2D eigenvalue weighted by Crippen LogP contribution is 2.38. The van der Waals surface area contributed by atoms with Gasteiger partial charge in [-0.05, 0) is 24.1 Å². The molecule has 10 heteroatoms. The van der Waals surface area contributed by atoms with Gasteiger partial charge in [-0.15, -0.1) is 0 Å². The Morgan fingerprint density at radius 1 is 1.20 bits per heavy atom. The van der Waals surface area contributed by atoms with Crippen LogP contribution in [0, 0.1) is 0 Å². The molecule has 3 rings (SSSR count). The normalized spacial score (nSPS) is 18.6. The van der Waals surface area contributed by atoms with Crippen LogP contribution in [0.2, 0.25) is 5.02 Å². The second-order valence-electron chi connectivity index (χ2n) is 6.49. The lowest BCUT2D eigenvalue weighted by atomic mass is 9.87. The number of imide groups is 1. The van der Waals surface area contributed by atoms with Gasteiger partial charge >= 0.3 is 6.03 Å². The number of anilines is 1. The molecule has 1 unspecified atom stereocenters. The van der Waals surface area contributed by atoms with Crippen LogP contribution < -0.4 is 10.6 Å². The van der Waals surface area contributed by atoms with E-state index in [9.17, 15) is 23.2 Å². The van der Waals surface area contributed by atoms with Gasteiger partial charge in [0.25, 0.3) is 11.7 Å². The summed E-state index contributed by atoms with van der Waals surface area (Å²) in [7, 11) is 0. The number of hydrogen-bond donors (Lipinski definition) is 2. The summed E-state index contributed by atoms with van der Waals surface area (Å²) in [6.07, 6.45) is 0.295. The maximum atomic E-state index is 13.1. The van der Waals surface area contributed by atoms with Gasteiger partial charge in [-0.2, -0.15) is 8.78 Å². The van der Waals surface area contributed by atoms with Crippen LogP contribution in [0.1, 0.15) is 18.9 Å². The van der Waals surface area contributed by atoms with E-state index in [2.05, 4.69) is 10.6 Å². The molecule has 0 saturated carbocycles. The van der Waals surface area contributed by atoms with Gasteiger partial charge in [0.1, 0.15) is 12.1 Å². The first-order valence-electron chi connectivity index (χ1n) is 9.01. The number of hydrogen-bond acceptors (Lipinski definition) is 4. The molecule has 0 bridgehead atoms. The molecule has 158 valence electrons. The van der Waals surface area contributed by atoms with Gasteiger partial charge in [0.2, 0.25) is 5.91 Å². The number of halogens is 3. The molecular weight excluding hydrogens is 436 g/mol. The van der Waals surface area contributed by atoms with Crippen LogP contribution in [-0.2, 0) is 15.1 Å². The molecule has 2 aromatic rings. The Morgan fingerprint density at radius 3 is 2.53 bits per heavy atom. The van der Waals surface area contributed by atoms with Crippen molar-refractivity contribution in [2.45, 2.75) is 29.5 Å². The van der Waals surface area contributed by atoms with Gasteiger partial charge in [0.15, 0.2) is 0 Å². The minimum Gasteiger partial charge on any atom is -0.323 e. The summed E-state index contributed by atoms with van der Waals surface area (Å²) in [6, 6.07) is 12.4. The first kappa shape index (κ1) is 22.0. The van der Waals surface area contributed by atoms with Crippen molar-refractivity contribution in [3.05, 3.63) is 59.1 Å². The van der Waals surface area contributed by atoms with Crippen LogP contribution in [0.5, 0.6) is 0 Å². The van der Waals surface area contributed by atoms with E-state index in [-0.39, 0.29) is 27.4 Å². The van der Waals surface area contributed by atoms with Gasteiger partial charge in [0.05, 0.1) is 15.6 Å². The van der Waals surface area contributed by atoms with Crippen molar-refractivity contribution >= 4 is 46.9 Å². The van der Waals surface area contributed by atoms with Crippen LogP contribution in [0.25, 0.3) is 0 Å². The van der Waals surface area contributed by atoms with Gasteiger partial charge in [-0.1, -0.05) is 66.7 Å². The molecule has 1 atom stereocenters. The molecule has 0 aromatic heterocycles. The lowest BCUT2D eigenvalue weighted by Gasteiger charge is -2.25. The first-order chi connectivity index (χ1) is 14.3. The van der Waals surface area contributed by atoms with Crippen LogP contribution in [0.15, 0.2) is 53.4 Å². The Morgan fingerprint density at radius 2 is 1.90 bits per heavy atom. The Labute approximate surface area is 181 Å². The number of urea groups is 1. The number of thioether (sulfide) groups is 1. The summed E-state index contributed by atoms with van der Waals surface area (Å²) in [5.74, 6) is -4.00. The van der Waals surface area contributed by atoms with Gasteiger partial charge in [-0.25, -0.2) is 4.79 Å². The highest BCUT2D eigenvalue weighted by Gasteiger charge is 2.51. The fraction of sp³-hybridized carbons (Fsp3) is 0.250. The van der Waals surface area contributed by atoms with Crippen LogP contribution in [-0.4, -0.2) is 35.0 Å². The number of amides is 4. The zero-order valence-corrected chi connectivity index (χ0v) is 17.4.